The lowest BCUT2D eigenvalue weighted by atomic mass is 10.0. The van der Waals surface area contributed by atoms with Crippen molar-refractivity contribution in [2.75, 3.05) is 7.05 Å². The average molecular weight is 213 g/mol. The molecule has 86 valence electrons. The zero-order valence-corrected chi connectivity index (χ0v) is 9.83. The minimum atomic E-state index is -0.755. The van der Waals surface area contributed by atoms with E-state index in [0.29, 0.717) is 11.7 Å². The standard InChI is InChI=1S/C11H20N2O2/c1-7(2)6-9(11(15)12-5)13-10(14)8(3)4/h7,9H,3,6H2,1-2,4-5H3,(H,12,15)(H,13,14)/t9-/m0/s1/i/hD. The van der Waals surface area contributed by atoms with Gasteiger partial charge >= 0.3 is 0 Å². The van der Waals surface area contributed by atoms with E-state index in [4.69, 9.17) is 1.41 Å². The minimum Gasteiger partial charge on any atom is -0.357 e. The van der Waals surface area contributed by atoms with Crippen LogP contribution in [0.4, 0.5) is 0 Å². The Hall–Kier alpha value is -1.32. The number of carbonyl (C=O) groups is 2. The van der Waals surface area contributed by atoms with Gasteiger partial charge in [-0.15, -0.1) is 0 Å². The number of hydrogen-bond acceptors (Lipinski definition) is 2. The molecule has 0 fully saturated rings. The van der Waals surface area contributed by atoms with Crippen molar-refractivity contribution in [3.63, 3.8) is 0 Å². The van der Waals surface area contributed by atoms with Crippen LogP contribution in [0.2, 0.25) is 1.41 Å². The van der Waals surface area contributed by atoms with Crippen LogP contribution in [0.25, 0.3) is 0 Å². The summed E-state index contributed by atoms with van der Waals surface area (Å²) in [6.07, 6.45) is 0.461. The SMILES string of the molecule is [2H]N(C(=O)C(=C)C)[C@@H](CC(C)C)C(=O)NC. The summed E-state index contributed by atoms with van der Waals surface area (Å²) in [5, 5.41) is 3.17. The first-order valence-corrected chi connectivity index (χ1v) is 5.00. The van der Waals surface area contributed by atoms with E-state index in [1.807, 2.05) is 13.8 Å². The second-order valence-electron chi connectivity index (χ2n) is 3.97. The Morgan fingerprint density at radius 3 is 2.33 bits per heavy atom. The first-order chi connectivity index (χ1) is 7.31. The van der Waals surface area contributed by atoms with Gasteiger partial charge in [0.25, 0.3) is 0 Å². The second kappa shape index (κ2) is 6.22. The third-order valence-electron chi connectivity index (χ3n) is 1.88. The molecule has 0 aromatic carbocycles. The second-order valence-corrected chi connectivity index (χ2v) is 3.97. The fourth-order valence-corrected chi connectivity index (χ4v) is 1.08. The van der Waals surface area contributed by atoms with Crippen molar-refractivity contribution in [2.24, 2.45) is 5.92 Å². The van der Waals surface area contributed by atoms with Gasteiger partial charge < -0.3 is 10.6 Å². The van der Waals surface area contributed by atoms with Gasteiger partial charge in [0.1, 0.15) is 6.04 Å². The molecule has 15 heavy (non-hydrogen) atoms. The Kier molecular flexibility index (Phi) is 4.87. The van der Waals surface area contributed by atoms with Gasteiger partial charge in [-0.25, -0.2) is 0 Å². The fourth-order valence-electron chi connectivity index (χ4n) is 1.08. The van der Waals surface area contributed by atoms with Gasteiger partial charge in [0.05, 0.1) is 0 Å². The highest BCUT2D eigenvalue weighted by Gasteiger charge is 2.20. The van der Waals surface area contributed by atoms with Crippen molar-refractivity contribution in [2.45, 2.75) is 33.2 Å². The molecule has 0 heterocycles. The summed E-state index contributed by atoms with van der Waals surface area (Å²) < 4.78 is 7.65. The average Bonchev–Trinajstić information content (AvgIpc) is 2.22. The lowest BCUT2D eigenvalue weighted by Gasteiger charge is -2.18. The van der Waals surface area contributed by atoms with Gasteiger partial charge in [0.15, 0.2) is 1.41 Å². The van der Waals surface area contributed by atoms with Crippen LogP contribution in [0.15, 0.2) is 12.2 Å². The lowest BCUT2D eigenvalue weighted by Crippen LogP contribution is -2.46. The van der Waals surface area contributed by atoms with Crippen LogP contribution >= 0.6 is 0 Å². The molecule has 0 aliphatic heterocycles. The summed E-state index contributed by atoms with van der Waals surface area (Å²) in [6, 6.07) is -0.755. The fraction of sp³-hybridized carbons (Fsp3) is 0.636. The van der Waals surface area contributed by atoms with Gasteiger partial charge in [-0.05, 0) is 19.3 Å². The third kappa shape index (κ3) is 5.20. The minimum absolute atomic E-state index is 0.230. The maximum absolute atomic E-state index is 11.6. The van der Waals surface area contributed by atoms with E-state index >= 15 is 0 Å². The normalized spacial score (nSPS) is 13.0. The molecule has 0 aliphatic carbocycles. The van der Waals surface area contributed by atoms with E-state index < -0.39 is 11.9 Å². The highest BCUT2D eigenvalue weighted by Crippen LogP contribution is 2.05. The van der Waals surface area contributed by atoms with Crippen molar-refractivity contribution in [3.8, 4) is 0 Å². The number of hydrogen-bond donors (Lipinski definition) is 2. The molecule has 4 nitrogen and oxygen atoms in total. The van der Waals surface area contributed by atoms with E-state index in [2.05, 4.69) is 11.9 Å². The Bertz CT molecular complexity index is 290. The van der Waals surface area contributed by atoms with Crippen LogP contribution in [-0.2, 0) is 9.59 Å². The Morgan fingerprint density at radius 1 is 1.47 bits per heavy atom. The quantitative estimate of drug-likeness (QED) is 0.665. The zero-order chi connectivity index (χ0) is 12.9. The zero-order valence-electron chi connectivity index (χ0n) is 10.8. The molecule has 0 unspecified atom stereocenters. The monoisotopic (exact) mass is 213 g/mol. The summed E-state index contributed by atoms with van der Waals surface area (Å²) in [5.74, 6) is -0.611. The number of nitrogens with one attached hydrogen (secondary N) is 2. The summed E-state index contributed by atoms with van der Waals surface area (Å²) in [5.41, 5.74) is 0.257. The van der Waals surface area contributed by atoms with Crippen molar-refractivity contribution < 1.29 is 11.0 Å². The maximum Gasteiger partial charge on any atom is 0.246 e. The summed E-state index contributed by atoms with van der Waals surface area (Å²) in [6.45, 7) is 8.89. The topological polar surface area (TPSA) is 58.2 Å². The maximum atomic E-state index is 11.6. The highest BCUT2D eigenvalue weighted by molar-refractivity contribution is 5.95. The molecule has 0 rings (SSSR count). The van der Waals surface area contributed by atoms with Crippen LogP contribution < -0.4 is 10.6 Å². The van der Waals surface area contributed by atoms with E-state index in [-0.39, 0.29) is 17.4 Å². The molecule has 2 N–H and O–H groups in total. The van der Waals surface area contributed by atoms with Crippen LogP contribution in [0.5, 0.6) is 0 Å². The van der Waals surface area contributed by atoms with Gasteiger partial charge in [0.2, 0.25) is 11.8 Å². The molecule has 0 radical (unpaired) electrons. The van der Waals surface area contributed by atoms with Gasteiger partial charge in [-0.3, -0.25) is 9.59 Å². The van der Waals surface area contributed by atoms with Crippen LogP contribution in [0.1, 0.15) is 27.2 Å². The van der Waals surface area contributed by atoms with Crippen molar-refractivity contribution in [3.05, 3.63) is 12.2 Å². The van der Waals surface area contributed by atoms with Crippen molar-refractivity contribution in [1.82, 2.24) is 10.6 Å². The molecule has 0 saturated carbocycles. The van der Waals surface area contributed by atoms with E-state index in [0.717, 1.165) is 0 Å². The Balaban J connectivity index is 4.81. The number of rotatable bonds is 5. The van der Waals surface area contributed by atoms with Crippen LogP contribution in [0.3, 0.4) is 0 Å². The third-order valence-corrected chi connectivity index (χ3v) is 1.88. The van der Waals surface area contributed by atoms with E-state index in [1.54, 1.807) is 0 Å². The molecule has 0 bridgehead atoms. The molecule has 0 aromatic heterocycles. The first-order valence-electron chi connectivity index (χ1n) is 5.45. The predicted molar refractivity (Wildman–Crippen MR) is 60.3 cm³/mol. The molecular weight excluding hydrogens is 192 g/mol. The van der Waals surface area contributed by atoms with E-state index in [1.165, 1.54) is 14.0 Å². The summed E-state index contributed by atoms with van der Waals surface area (Å²) in [4.78, 5) is 23.1. The number of likely N-dealkylation sites (N-methyl/N-ethyl adjacent to an activating group) is 1. The lowest BCUT2D eigenvalue weighted by molar-refractivity contribution is -0.127. The molecule has 4 heteroatoms. The Morgan fingerprint density at radius 2 is 2.00 bits per heavy atom. The first kappa shape index (κ1) is 11.8. The molecule has 0 aliphatic rings. The highest BCUT2D eigenvalue weighted by atomic mass is 16.2. The smallest absolute Gasteiger partial charge is 0.246 e. The van der Waals surface area contributed by atoms with Gasteiger partial charge in [-0.1, -0.05) is 20.4 Å². The molecule has 0 saturated heterocycles. The van der Waals surface area contributed by atoms with E-state index in [9.17, 15) is 9.59 Å². The molecular formula is C11H20N2O2. The van der Waals surface area contributed by atoms with Gasteiger partial charge in [-0.2, -0.15) is 0 Å². The van der Waals surface area contributed by atoms with Crippen molar-refractivity contribution in [1.29, 1.82) is 0 Å². The predicted octanol–water partition coefficient (Wildman–Crippen LogP) is 0.839. The molecule has 0 spiro atoms. The molecule has 0 aromatic rings. The summed E-state index contributed by atoms with van der Waals surface area (Å²) >= 11 is 0. The largest absolute Gasteiger partial charge is 0.357 e. The number of amides is 2. The van der Waals surface area contributed by atoms with Crippen molar-refractivity contribution >= 4 is 11.8 Å². The van der Waals surface area contributed by atoms with Crippen LogP contribution in [-0.4, -0.2) is 24.9 Å². The van der Waals surface area contributed by atoms with Gasteiger partial charge in [0, 0.05) is 12.6 Å². The number of carbonyl (C=O) groups excluding carboxylic acids is 2. The molecule has 2 amide bonds. The Labute approximate surface area is 92.6 Å². The molecule has 1 atom stereocenters. The summed E-state index contributed by atoms with van der Waals surface area (Å²) in [7, 11) is 1.49. The van der Waals surface area contributed by atoms with Crippen LogP contribution in [0, 0.1) is 5.92 Å².